The number of carbonyl (C=O) groups is 1. The number of nitrogens with one attached hydrogen (secondary N) is 1. The first-order valence-corrected chi connectivity index (χ1v) is 8.69. The molecule has 0 amide bonds. The fourth-order valence-corrected chi connectivity index (χ4v) is 3.04. The summed E-state index contributed by atoms with van der Waals surface area (Å²) < 4.78 is 50.8. The van der Waals surface area contributed by atoms with E-state index in [1.807, 2.05) is 0 Å². The minimum Gasteiger partial charge on any atom is -0.465 e. The number of hydrogen-bond acceptors (Lipinski definition) is 6. The molecule has 2 heterocycles. The third-order valence-electron chi connectivity index (χ3n) is 4.72. The predicted octanol–water partition coefficient (Wildman–Crippen LogP) is 2.22. The molecule has 11 heteroatoms. The number of H-pyrrole nitrogens is 1. The summed E-state index contributed by atoms with van der Waals surface area (Å²) in [5.74, 6) is -1.26. The van der Waals surface area contributed by atoms with Crippen LogP contribution in [0.2, 0.25) is 0 Å². The van der Waals surface area contributed by atoms with Crippen molar-refractivity contribution in [3.05, 3.63) is 68.3 Å². The fraction of sp³-hybridized carbons (Fsp3) is 0.316. The lowest BCUT2D eigenvalue weighted by Crippen LogP contribution is -2.45. The van der Waals surface area contributed by atoms with Gasteiger partial charge in [0.2, 0.25) is 5.60 Å². The Labute approximate surface area is 166 Å². The lowest BCUT2D eigenvalue weighted by Gasteiger charge is -2.28. The molecule has 0 spiro atoms. The van der Waals surface area contributed by atoms with Crippen molar-refractivity contribution >= 4 is 16.9 Å². The lowest BCUT2D eigenvalue weighted by molar-refractivity contribution is -0.276. The van der Waals surface area contributed by atoms with Gasteiger partial charge in [0.15, 0.2) is 0 Å². The van der Waals surface area contributed by atoms with Crippen molar-refractivity contribution in [3.8, 4) is 0 Å². The van der Waals surface area contributed by atoms with E-state index in [1.165, 1.54) is 31.2 Å². The number of nitrogens with zero attached hydrogens (tertiary/aromatic N) is 1. The Morgan fingerprint density at radius 3 is 2.50 bits per heavy atom. The van der Waals surface area contributed by atoms with Crippen LogP contribution in [0.4, 0.5) is 13.2 Å². The van der Waals surface area contributed by atoms with Gasteiger partial charge in [0.05, 0.1) is 23.6 Å². The van der Waals surface area contributed by atoms with Crippen molar-refractivity contribution in [1.82, 2.24) is 9.55 Å². The maximum atomic E-state index is 13.6. The molecular formula is C19H17F3N2O6. The zero-order valence-corrected chi connectivity index (χ0v) is 15.9. The second kappa shape index (κ2) is 7.48. The zero-order chi connectivity index (χ0) is 22.3. The monoisotopic (exact) mass is 426 g/mol. The number of aromatic nitrogens is 2. The fourth-order valence-electron chi connectivity index (χ4n) is 3.04. The third-order valence-corrected chi connectivity index (χ3v) is 4.72. The van der Waals surface area contributed by atoms with Gasteiger partial charge in [0.1, 0.15) is 11.5 Å². The molecule has 1 unspecified atom stereocenters. The number of halogens is 3. The maximum absolute atomic E-state index is 13.6. The summed E-state index contributed by atoms with van der Waals surface area (Å²) >= 11 is 0. The summed E-state index contributed by atoms with van der Waals surface area (Å²) in [6.45, 7) is 0.681. The molecule has 3 rings (SSSR count). The van der Waals surface area contributed by atoms with Gasteiger partial charge in [-0.15, -0.1) is 0 Å². The molecule has 3 aromatic rings. The van der Waals surface area contributed by atoms with Gasteiger partial charge in [-0.05, 0) is 37.3 Å². The van der Waals surface area contributed by atoms with E-state index in [2.05, 4.69) is 9.72 Å². The highest BCUT2D eigenvalue weighted by molar-refractivity contribution is 5.93. The molecule has 160 valence electrons. The molecule has 0 aliphatic carbocycles. The van der Waals surface area contributed by atoms with E-state index < -0.39 is 47.7 Å². The molecule has 1 atom stereocenters. The summed E-state index contributed by atoms with van der Waals surface area (Å²) in [6, 6.07) is 6.02. The molecule has 0 saturated carbocycles. The highest BCUT2D eigenvalue weighted by Crippen LogP contribution is 2.42. The minimum absolute atomic E-state index is 0.0216. The number of benzene rings is 1. The van der Waals surface area contributed by atoms with Gasteiger partial charge in [0.25, 0.3) is 5.56 Å². The summed E-state index contributed by atoms with van der Waals surface area (Å²) in [5, 5.41) is 10.3. The van der Waals surface area contributed by atoms with E-state index in [9.17, 15) is 32.7 Å². The van der Waals surface area contributed by atoms with Crippen LogP contribution in [0, 0.1) is 6.92 Å². The standard InChI is InChI=1S/C19H17F3N2O6/c1-10-3-6-14(30-10)18(28,19(20,21)22)7-8-24-15(25)12-5-4-11(16(26)29-2)9-13(12)23-17(24)27/h3-6,9,28H,7-8H2,1-2H3,(H,23,27). The number of esters is 1. The van der Waals surface area contributed by atoms with Crippen LogP contribution >= 0.6 is 0 Å². The second-order valence-electron chi connectivity index (χ2n) is 6.66. The molecule has 30 heavy (non-hydrogen) atoms. The van der Waals surface area contributed by atoms with Crippen LogP contribution in [0.15, 0.2) is 44.3 Å². The summed E-state index contributed by atoms with van der Waals surface area (Å²) in [6.07, 6.45) is -6.14. The number of alkyl halides is 3. The highest BCUT2D eigenvalue weighted by atomic mass is 19.4. The van der Waals surface area contributed by atoms with E-state index in [0.29, 0.717) is 4.57 Å². The topological polar surface area (TPSA) is 115 Å². The molecule has 2 aromatic heterocycles. The first kappa shape index (κ1) is 21.4. The highest BCUT2D eigenvalue weighted by Gasteiger charge is 2.56. The Balaban J connectivity index is 2.02. The van der Waals surface area contributed by atoms with Gasteiger partial charge in [-0.3, -0.25) is 9.36 Å². The van der Waals surface area contributed by atoms with Gasteiger partial charge >= 0.3 is 17.8 Å². The maximum Gasteiger partial charge on any atom is 0.424 e. The smallest absolute Gasteiger partial charge is 0.424 e. The molecule has 0 bridgehead atoms. The van der Waals surface area contributed by atoms with E-state index in [1.54, 1.807) is 0 Å². The van der Waals surface area contributed by atoms with Gasteiger partial charge in [-0.1, -0.05) is 0 Å². The van der Waals surface area contributed by atoms with E-state index in [0.717, 1.165) is 13.2 Å². The van der Waals surface area contributed by atoms with Gasteiger partial charge in [-0.2, -0.15) is 13.2 Å². The number of rotatable bonds is 5. The van der Waals surface area contributed by atoms with Crippen molar-refractivity contribution in [2.45, 2.75) is 31.7 Å². The predicted molar refractivity (Wildman–Crippen MR) is 98.2 cm³/mol. The SMILES string of the molecule is COC(=O)c1ccc2c(=O)n(CCC(O)(c3ccc(C)o3)C(F)(F)F)c(=O)[nH]c2c1. The van der Waals surface area contributed by atoms with Crippen LogP contribution in [-0.4, -0.2) is 33.9 Å². The number of ether oxygens (including phenoxy) is 1. The largest absolute Gasteiger partial charge is 0.465 e. The van der Waals surface area contributed by atoms with Crippen LogP contribution in [0.3, 0.4) is 0 Å². The molecule has 0 radical (unpaired) electrons. The molecular weight excluding hydrogens is 409 g/mol. The van der Waals surface area contributed by atoms with Crippen molar-refractivity contribution in [1.29, 1.82) is 0 Å². The van der Waals surface area contributed by atoms with E-state index in [-0.39, 0.29) is 22.2 Å². The number of fused-ring (bicyclic) bond motifs is 1. The van der Waals surface area contributed by atoms with Crippen LogP contribution < -0.4 is 11.2 Å². The van der Waals surface area contributed by atoms with E-state index in [4.69, 9.17) is 4.42 Å². The summed E-state index contributed by atoms with van der Waals surface area (Å²) in [4.78, 5) is 38.9. The Kier molecular flexibility index (Phi) is 5.33. The minimum atomic E-state index is -5.11. The number of aliphatic hydroxyl groups is 1. The molecule has 0 fully saturated rings. The molecule has 2 N–H and O–H groups in total. The number of aryl methyl sites for hydroxylation is 1. The number of carbonyl (C=O) groups excluding carboxylic acids is 1. The van der Waals surface area contributed by atoms with Crippen molar-refractivity contribution in [3.63, 3.8) is 0 Å². The Hall–Kier alpha value is -3.34. The number of furan rings is 1. The second-order valence-corrected chi connectivity index (χ2v) is 6.66. The van der Waals surface area contributed by atoms with Crippen LogP contribution in [0.1, 0.15) is 28.3 Å². The lowest BCUT2D eigenvalue weighted by atomic mass is 9.95. The van der Waals surface area contributed by atoms with Crippen LogP contribution in [-0.2, 0) is 16.9 Å². The zero-order valence-electron chi connectivity index (χ0n) is 15.9. The average Bonchev–Trinajstić information content (AvgIpc) is 3.12. The third kappa shape index (κ3) is 3.63. The Morgan fingerprint density at radius 2 is 1.93 bits per heavy atom. The van der Waals surface area contributed by atoms with Gasteiger partial charge in [-0.25, -0.2) is 9.59 Å². The molecule has 1 aromatic carbocycles. The van der Waals surface area contributed by atoms with E-state index >= 15 is 0 Å². The molecule has 0 aliphatic heterocycles. The molecule has 0 saturated heterocycles. The number of methoxy groups -OCH3 is 1. The first-order chi connectivity index (χ1) is 14.0. The number of aromatic amines is 1. The number of hydrogen-bond donors (Lipinski definition) is 2. The van der Waals surface area contributed by atoms with Crippen molar-refractivity contribution in [2.75, 3.05) is 7.11 Å². The first-order valence-electron chi connectivity index (χ1n) is 8.69. The van der Waals surface area contributed by atoms with Crippen molar-refractivity contribution < 1.29 is 32.2 Å². The molecule has 8 nitrogen and oxygen atoms in total. The molecule has 0 aliphatic rings. The average molecular weight is 426 g/mol. The summed E-state index contributed by atoms with van der Waals surface area (Å²) in [5.41, 5.74) is -5.15. The summed E-state index contributed by atoms with van der Waals surface area (Å²) in [7, 11) is 1.16. The normalized spacial score (nSPS) is 13.9. The Morgan fingerprint density at radius 1 is 1.23 bits per heavy atom. The quantitative estimate of drug-likeness (QED) is 0.605. The van der Waals surface area contributed by atoms with Gasteiger partial charge < -0.3 is 19.2 Å². The Bertz CT molecular complexity index is 1220. The van der Waals surface area contributed by atoms with Crippen LogP contribution in [0.5, 0.6) is 0 Å². The van der Waals surface area contributed by atoms with Crippen LogP contribution in [0.25, 0.3) is 10.9 Å². The van der Waals surface area contributed by atoms with Crippen molar-refractivity contribution in [2.24, 2.45) is 0 Å². The van der Waals surface area contributed by atoms with Gasteiger partial charge in [0, 0.05) is 13.0 Å².